The SMILES string of the molecule is NS(=O)(=O)C1(CNc2ncc(Cl)cn2)CCC1. The molecular weight excluding hydrogens is 264 g/mol. The molecule has 8 heteroatoms. The minimum Gasteiger partial charge on any atom is -0.353 e. The van der Waals surface area contributed by atoms with E-state index in [1.54, 1.807) is 0 Å². The second kappa shape index (κ2) is 4.40. The molecule has 0 saturated heterocycles. The van der Waals surface area contributed by atoms with Gasteiger partial charge in [0.25, 0.3) is 0 Å². The largest absolute Gasteiger partial charge is 0.353 e. The highest BCUT2D eigenvalue weighted by atomic mass is 35.5. The number of nitrogens with zero attached hydrogens (tertiary/aromatic N) is 2. The molecule has 1 fully saturated rings. The van der Waals surface area contributed by atoms with Gasteiger partial charge in [-0.1, -0.05) is 18.0 Å². The summed E-state index contributed by atoms with van der Waals surface area (Å²) < 4.78 is 22.1. The lowest BCUT2D eigenvalue weighted by Gasteiger charge is -2.39. The van der Waals surface area contributed by atoms with Crippen molar-refractivity contribution in [2.75, 3.05) is 11.9 Å². The first-order valence-corrected chi connectivity index (χ1v) is 7.09. The van der Waals surface area contributed by atoms with Gasteiger partial charge in [0.2, 0.25) is 16.0 Å². The summed E-state index contributed by atoms with van der Waals surface area (Å²) in [6.07, 6.45) is 4.92. The smallest absolute Gasteiger partial charge is 0.222 e. The fraction of sp³-hybridized carbons (Fsp3) is 0.556. The molecule has 0 bridgehead atoms. The second-order valence-corrected chi connectivity index (χ2v) is 6.55. The number of nitrogens with one attached hydrogen (secondary N) is 1. The van der Waals surface area contributed by atoms with Gasteiger partial charge in [-0.05, 0) is 12.8 Å². The molecule has 1 saturated carbocycles. The molecule has 1 aromatic rings. The van der Waals surface area contributed by atoms with Crippen LogP contribution in [0.3, 0.4) is 0 Å². The Labute approximate surface area is 105 Å². The Balaban J connectivity index is 2.04. The first kappa shape index (κ1) is 12.5. The number of hydrogen-bond donors (Lipinski definition) is 2. The van der Waals surface area contributed by atoms with Gasteiger partial charge < -0.3 is 5.32 Å². The number of anilines is 1. The van der Waals surface area contributed by atoms with Gasteiger partial charge in [0.1, 0.15) is 4.75 Å². The van der Waals surface area contributed by atoms with Crippen LogP contribution < -0.4 is 10.5 Å². The Hall–Kier alpha value is -0.920. The molecule has 1 aromatic heterocycles. The third-order valence-corrected chi connectivity index (χ3v) is 5.01. The van der Waals surface area contributed by atoms with E-state index < -0.39 is 14.8 Å². The van der Waals surface area contributed by atoms with E-state index in [1.165, 1.54) is 12.4 Å². The highest BCUT2D eigenvalue weighted by Crippen LogP contribution is 2.37. The van der Waals surface area contributed by atoms with Gasteiger partial charge in [-0.15, -0.1) is 0 Å². The summed E-state index contributed by atoms with van der Waals surface area (Å²) in [5.74, 6) is 0.351. The number of halogens is 1. The lowest BCUT2D eigenvalue weighted by atomic mass is 9.84. The van der Waals surface area contributed by atoms with Gasteiger partial charge in [-0.2, -0.15) is 0 Å². The fourth-order valence-corrected chi connectivity index (χ4v) is 3.01. The van der Waals surface area contributed by atoms with Crippen LogP contribution in [0.2, 0.25) is 5.02 Å². The quantitative estimate of drug-likeness (QED) is 0.846. The molecule has 17 heavy (non-hydrogen) atoms. The standard InChI is InChI=1S/C9H13ClN4O2S/c10-7-4-12-8(13-5-7)14-6-9(2-1-3-9)17(11,15)16/h4-5H,1-3,6H2,(H2,11,15,16)(H,12,13,14). The van der Waals surface area contributed by atoms with Crippen molar-refractivity contribution in [1.82, 2.24) is 9.97 Å². The third kappa shape index (κ3) is 2.51. The molecule has 1 aliphatic carbocycles. The molecule has 0 aliphatic heterocycles. The first-order valence-electron chi connectivity index (χ1n) is 5.17. The van der Waals surface area contributed by atoms with Crippen LogP contribution in [0.5, 0.6) is 0 Å². The van der Waals surface area contributed by atoms with E-state index in [1.807, 2.05) is 0 Å². The number of aromatic nitrogens is 2. The minimum absolute atomic E-state index is 0.230. The zero-order valence-corrected chi connectivity index (χ0v) is 10.6. The normalized spacial score (nSPS) is 18.5. The molecule has 1 heterocycles. The molecule has 94 valence electrons. The number of rotatable bonds is 4. The molecule has 1 aliphatic rings. The zero-order chi connectivity index (χ0) is 12.5. The summed E-state index contributed by atoms with van der Waals surface area (Å²) in [5, 5.41) is 8.55. The lowest BCUT2D eigenvalue weighted by molar-refractivity contribution is 0.351. The summed E-state index contributed by atoms with van der Waals surface area (Å²) in [6.45, 7) is 0.230. The molecule has 0 amide bonds. The minimum atomic E-state index is -3.55. The summed E-state index contributed by atoms with van der Waals surface area (Å²) in [6, 6.07) is 0. The topological polar surface area (TPSA) is 98.0 Å². The van der Waals surface area contributed by atoms with E-state index in [-0.39, 0.29) is 6.54 Å². The van der Waals surface area contributed by atoms with Crippen LogP contribution in [0.25, 0.3) is 0 Å². The van der Waals surface area contributed by atoms with Crippen LogP contribution in [-0.2, 0) is 10.0 Å². The molecule has 2 rings (SSSR count). The van der Waals surface area contributed by atoms with Crippen molar-refractivity contribution in [2.45, 2.75) is 24.0 Å². The van der Waals surface area contributed by atoms with Crippen LogP contribution in [0.4, 0.5) is 5.95 Å². The molecule has 0 unspecified atom stereocenters. The Kier molecular flexibility index (Phi) is 3.24. The highest BCUT2D eigenvalue weighted by Gasteiger charge is 2.47. The average molecular weight is 277 g/mol. The summed E-state index contributed by atoms with van der Waals surface area (Å²) in [7, 11) is -3.55. The maximum Gasteiger partial charge on any atom is 0.222 e. The first-order chi connectivity index (χ1) is 7.93. The predicted octanol–water partition coefficient (Wildman–Crippen LogP) is 0.753. The fourth-order valence-electron chi connectivity index (χ4n) is 1.78. The highest BCUT2D eigenvalue weighted by molar-refractivity contribution is 7.90. The molecule has 0 aromatic carbocycles. The van der Waals surface area contributed by atoms with Gasteiger partial charge >= 0.3 is 0 Å². The van der Waals surface area contributed by atoms with E-state index in [0.717, 1.165) is 6.42 Å². The van der Waals surface area contributed by atoms with Crippen molar-refractivity contribution in [3.05, 3.63) is 17.4 Å². The van der Waals surface area contributed by atoms with Crippen molar-refractivity contribution in [3.63, 3.8) is 0 Å². The average Bonchev–Trinajstić information content (AvgIpc) is 2.17. The number of primary sulfonamides is 1. The van der Waals surface area contributed by atoms with E-state index in [9.17, 15) is 8.42 Å². The Bertz CT molecular complexity index is 498. The molecule has 3 N–H and O–H groups in total. The summed E-state index contributed by atoms with van der Waals surface area (Å²) >= 11 is 5.64. The number of hydrogen-bond acceptors (Lipinski definition) is 5. The van der Waals surface area contributed by atoms with Gasteiger partial charge in [0, 0.05) is 6.54 Å². The third-order valence-electron chi connectivity index (χ3n) is 3.06. The molecule has 0 spiro atoms. The predicted molar refractivity (Wildman–Crippen MR) is 65.2 cm³/mol. The van der Waals surface area contributed by atoms with Crippen LogP contribution in [0.15, 0.2) is 12.4 Å². The Morgan fingerprint density at radius 3 is 2.41 bits per heavy atom. The molecular formula is C9H13ClN4O2S. The van der Waals surface area contributed by atoms with E-state index in [0.29, 0.717) is 23.8 Å². The molecule has 0 atom stereocenters. The van der Waals surface area contributed by atoms with Crippen molar-refractivity contribution < 1.29 is 8.42 Å². The van der Waals surface area contributed by atoms with Gasteiger partial charge in [0.05, 0.1) is 17.4 Å². The monoisotopic (exact) mass is 276 g/mol. The van der Waals surface area contributed by atoms with Crippen molar-refractivity contribution >= 4 is 27.6 Å². The summed E-state index contributed by atoms with van der Waals surface area (Å²) in [4.78, 5) is 7.86. The second-order valence-electron chi connectivity index (χ2n) is 4.16. The van der Waals surface area contributed by atoms with E-state index in [2.05, 4.69) is 15.3 Å². The van der Waals surface area contributed by atoms with Crippen LogP contribution >= 0.6 is 11.6 Å². The number of nitrogens with two attached hydrogens (primary N) is 1. The maximum absolute atomic E-state index is 11.5. The van der Waals surface area contributed by atoms with E-state index >= 15 is 0 Å². The van der Waals surface area contributed by atoms with Crippen LogP contribution in [0.1, 0.15) is 19.3 Å². The zero-order valence-electron chi connectivity index (χ0n) is 9.06. The van der Waals surface area contributed by atoms with Gasteiger partial charge in [0.15, 0.2) is 0 Å². The van der Waals surface area contributed by atoms with Crippen molar-refractivity contribution in [2.24, 2.45) is 5.14 Å². The molecule has 0 radical (unpaired) electrons. The Morgan fingerprint density at radius 1 is 1.41 bits per heavy atom. The number of sulfonamides is 1. The Morgan fingerprint density at radius 2 is 2.00 bits per heavy atom. The lowest BCUT2D eigenvalue weighted by Crippen LogP contribution is -2.53. The van der Waals surface area contributed by atoms with Crippen LogP contribution in [-0.4, -0.2) is 29.7 Å². The van der Waals surface area contributed by atoms with Crippen molar-refractivity contribution in [1.29, 1.82) is 0 Å². The molecule has 6 nitrogen and oxygen atoms in total. The van der Waals surface area contributed by atoms with Gasteiger partial charge in [-0.25, -0.2) is 23.5 Å². The van der Waals surface area contributed by atoms with Crippen LogP contribution in [0, 0.1) is 0 Å². The summed E-state index contributed by atoms with van der Waals surface area (Å²) in [5.41, 5.74) is 0. The van der Waals surface area contributed by atoms with Gasteiger partial charge in [-0.3, -0.25) is 0 Å². The van der Waals surface area contributed by atoms with E-state index in [4.69, 9.17) is 16.7 Å². The maximum atomic E-state index is 11.5. The van der Waals surface area contributed by atoms with Crippen molar-refractivity contribution in [3.8, 4) is 0 Å².